The summed E-state index contributed by atoms with van der Waals surface area (Å²) < 4.78 is 51.8. The van der Waals surface area contributed by atoms with Crippen LogP contribution in [-0.4, -0.2) is 29.3 Å². The number of sulfone groups is 1. The number of H-pyrrole nitrogens is 1. The van der Waals surface area contributed by atoms with Crippen LogP contribution in [0.4, 0.5) is 8.78 Å². The topological polar surface area (TPSA) is 105 Å². The molecule has 0 saturated heterocycles. The van der Waals surface area contributed by atoms with E-state index in [0.29, 0.717) is 17.5 Å². The first-order chi connectivity index (χ1) is 14.3. The molecule has 0 bridgehead atoms. The molecule has 0 saturated carbocycles. The summed E-state index contributed by atoms with van der Waals surface area (Å²) in [4.78, 5) is 22.6. The van der Waals surface area contributed by atoms with Crippen molar-refractivity contribution in [2.24, 2.45) is 0 Å². The van der Waals surface area contributed by atoms with Crippen LogP contribution in [0.5, 0.6) is 0 Å². The average Bonchev–Trinajstić information content (AvgIpc) is 3.16. The number of fused-ring (bicyclic) bond motifs is 1. The van der Waals surface area contributed by atoms with E-state index in [-0.39, 0.29) is 17.3 Å². The molecule has 0 aliphatic heterocycles. The number of nitrogens with zero attached hydrogens (tertiary/aromatic N) is 2. The lowest BCUT2D eigenvalue weighted by molar-refractivity contribution is 0.0946. The van der Waals surface area contributed by atoms with Gasteiger partial charge in [-0.1, -0.05) is 0 Å². The van der Waals surface area contributed by atoms with Crippen LogP contribution in [0, 0.1) is 11.6 Å². The second-order valence-corrected chi connectivity index (χ2v) is 8.37. The summed E-state index contributed by atoms with van der Waals surface area (Å²) >= 11 is 0. The quantitative estimate of drug-likeness (QED) is 0.509. The Morgan fingerprint density at radius 2 is 1.77 bits per heavy atom. The Bertz CT molecular complexity index is 1300. The average molecular weight is 428 g/mol. The highest BCUT2D eigenvalue weighted by atomic mass is 32.2. The number of carbonyl (C=O) groups is 1. The van der Waals surface area contributed by atoms with Crippen molar-refractivity contribution in [3.05, 3.63) is 84.1 Å². The van der Waals surface area contributed by atoms with Crippen LogP contribution in [0.2, 0.25) is 0 Å². The lowest BCUT2D eigenvalue weighted by Crippen LogP contribution is -2.23. The third-order valence-electron chi connectivity index (χ3n) is 4.35. The molecule has 30 heavy (non-hydrogen) atoms. The molecule has 3 aromatic heterocycles. The van der Waals surface area contributed by atoms with Crippen LogP contribution in [-0.2, 0) is 16.4 Å². The number of halogens is 2. The van der Waals surface area contributed by atoms with Gasteiger partial charge in [0.1, 0.15) is 17.3 Å². The summed E-state index contributed by atoms with van der Waals surface area (Å²) in [6.45, 7) is 0.0569. The number of rotatable bonds is 5. The highest BCUT2D eigenvalue weighted by molar-refractivity contribution is 7.91. The molecular weight excluding hydrogens is 414 g/mol. The highest BCUT2D eigenvalue weighted by Gasteiger charge is 2.20. The first-order valence-corrected chi connectivity index (χ1v) is 10.2. The molecule has 1 amide bonds. The Labute approximate surface area is 169 Å². The maximum absolute atomic E-state index is 13.4. The number of benzene rings is 1. The molecule has 0 fully saturated rings. The van der Waals surface area contributed by atoms with Crippen molar-refractivity contribution < 1.29 is 22.0 Å². The van der Waals surface area contributed by atoms with Crippen molar-refractivity contribution in [3.63, 3.8) is 0 Å². The summed E-state index contributed by atoms with van der Waals surface area (Å²) in [5.41, 5.74) is 1.53. The molecule has 2 N–H and O–H groups in total. The van der Waals surface area contributed by atoms with E-state index in [1.165, 1.54) is 12.1 Å². The van der Waals surface area contributed by atoms with Gasteiger partial charge in [-0.2, -0.15) is 0 Å². The molecule has 1 aromatic carbocycles. The van der Waals surface area contributed by atoms with Crippen LogP contribution in [0.15, 0.2) is 70.8 Å². The molecule has 0 aliphatic carbocycles. The number of carbonyl (C=O) groups excluding carboxylic acids is 1. The van der Waals surface area contributed by atoms with Crippen molar-refractivity contribution in [1.29, 1.82) is 0 Å². The third kappa shape index (κ3) is 3.90. The van der Waals surface area contributed by atoms with Gasteiger partial charge in [0.15, 0.2) is 0 Å². The molecule has 4 rings (SSSR count). The van der Waals surface area contributed by atoms with E-state index in [1.807, 2.05) is 0 Å². The van der Waals surface area contributed by atoms with Crippen LogP contribution >= 0.6 is 0 Å². The smallest absolute Gasteiger partial charge is 0.268 e. The predicted molar refractivity (Wildman–Crippen MR) is 103 cm³/mol. The Kier molecular flexibility index (Phi) is 5.00. The fraction of sp³-hybridized carbons (Fsp3) is 0.0500. The van der Waals surface area contributed by atoms with Gasteiger partial charge in [-0.15, -0.1) is 0 Å². The van der Waals surface area contributed by atoms with Crippen molar-refractivity contribution in [2.45, 2.75) is 16.3 Å². The zero-order valence-corrected chi connectivity index (χ0v) is 16.1. The van der Waals surface area contributed by atoms with Gasteiger partial charge in [0.2, 0.25) is 9.84 Å². The van der Waals surface area contributed by atoms with Crippen molar-refractivity contribution >= 4 is 26.6 Å². The third-order valence-corrected chi connectivity index (χ3v) is 6.07. The lowest BCUT2D eigenvalue weighted by atomic mass is 10.3. The Hall–Kier alpha value is -3.66. The number of pyridine rings is 2. The summed E-state index contributed by atoms with van der Waals surface area (Å²) in [6.07, 6.45) is 4.32. The Morgan fingerprint density at radius 3 is 2.43 bits per heavy atom. The standard InChI is InChI=1S/C20H14F2N4O3S/c21-13-6-14(22)8-17(7-13)30(28,29)16-2-1-15(24-11-16)10-25-20(27)19-5-12-9-23-4-3-18(12)26-19/h1-9,11,26H,10H2,(H,25,27). The summed E-state index contributed by atoms with van der Waals surface area (Å²) in [5, 5.41) is 3.47. The molecule has 7 nitrogen and oxygen atoms in total. The van der Waals surface area contributed by atoms with E-state index < -0.39 is 26.4 Å². The maximum atomic E-state index is 13.4. The van der Waals surface area contributed by atoms with Crippen molar-refractivity contribution in [2.75, 3.05) is 0 Å². The minimum atomic E-state index is -4.13. The fourth-order valence-electron chi connectivity index (χ4n) is 2.85. The zero-order chi connectivity index (χ0) is 21.3. The van der Waals surface area contributed by atoms with Gasteiger partial charge in [-0.25, -0.2) is 17.2 Å². The van der Waals surface area contributed by atoms with E-state index >= 15 is 0 Å². The van der Waals surface area contributed by atoms with Crippen molar-refractivity contribution in [1.82, 2.24) is 20.3 Å². The number of aromatic amines is 1. The van der Waals surface area contributed by atoms with Crippen LogP contribution in [0.25, 0.3) is 10.9 Å². The number of amides is 1. The summed E-state index contributed by atoms with van der Waals surface area (Å²) in [6, 6.07) is 8.16. The number of nitrogens with one attached hydrogen (secondary N) is 2. The molecular formula is C20H14F2N4O3S. The molecule has 0 spiro atoms. The van der Waals surface area contributed by atoms with Gasteiger partial charge in [0.25, 0.3) is 5.91 Å². The normalized spacial score (nSPS) is 11.5. The van der Waals surface area contributed by atoms with E-state index in [9.17, 15) is 22.0 Å². The lowest BCUT2D eigenvalue weighted by Gasteiger charge is -2.07. The molecule has 0 radical (unpaired) electrons. The molecule has 10 heteroatoms. The van der Waals surface area contributed by atoms with E-state index in [1.54, 1.807) is 24.5 Å². The molecule has 4 aromatic rings. The largest absolute Gasteiger partial charge is 0.350 e. The first kappa shape index (κ1) is 19.6. The van der Waals surface area contributed by atoms with Crippen LogP contribution in [0.3, 0.4) is 0 Å². The molecule has 0 aliphatic rings. The highest BCUT2D eigenvalue weighted by Crippen LogP contribution is 2.22. The second kappa shape index (κ2) is 7.64. The Balaban J connectivity index is 1.47. The zero-order valence-electron chi connectivity index (χ0n) is 15.3. The van der Waals surface area contributed by atoms with Crippen LogP contribution in [0.1, 0.15) is 16.2 Å². The summed E-state index contributed by atoms with van der Waals surface area (Å²) in [7, 11) is -4.13. The fourth-order valence-corrected chi connectivity index (χ4v) is 4.10. The summed E-state index contributed by atoms with van der Waals surface area (Å²) in [5.74, 6) is -2.35. The van der Waals surface area contributed by atoms with Gasteiger partial charge in [-0.3, -0.25) is 14.8 Å². The maximum Gasteiger partial charge on any atom is 0.268 e. The molecule has 0 atom stereocenters. The predicted octanol–water partition coefficient (Wildman–Crippen LogP) is 3.00. The second-order valence-electron chi connectivity index (χ2n) is 6.42. The Morgan fingerprint density at radius 1 is 1.00 bits per heavy atom. The number of aromatic nitrogens is 3. The SMILES string of the molecule is O=C(NCc1ccc(S(=O)(=O)c2cc(F)cc(F)c2)cn1)c1cc2cnccc2[nH]1. The molecule has 152 valence electrons. The van der Waals surface area contributed by atoms with Gasteiger partial charge in [-0.05, 0) is 36.4 Å². The number of hydrogen-bond acceptors (Lipinski definition) is 5. The minimum absolute atomic E-state index is 0.0569. The van der Waals surface area contributed by atoms with E-state index in [0.717, 1.165) is 29.2 Å². The molecule has 0 unspecified atom stereocenters. The van der Waals surface area contributed by atoms with Gasteiger partial charge >= 0.3 is 0 Å². The van der Waals surface area contributed by atoms with Crippen LogP contribution < -0.4 is 5.32 Å². The van der Waals surface area contributed by atoms with Gasteiger partial charge < -0.3 is 10.3 Å². The van der Waals surface area contributed by atoms with Gasteiger partial charge in [0, 0.05) is 35.6 Å². The monoisotopic (exact) mass is 428 g/mol. The van der Waals surface area contributed by atoms with Gasteiger partial charge in [0.05, 0.1) is 22.0 Å². The minimum Gasteiger partial charge on any atom is -0.350 e. The van der Waals surface area contributed by atoms with E-state index in [2.05, 4.69) is 20.3 Å². The number of hydrogen-bond donors (Lipinski definition) is 2. The van der Waals surface area contributed by atoms with E-state index in [4.69, 9.17) is 0 Å². The van der Waals surface area contributed by atoms with Crippen molar-refractivity contribution in [3.8, 4) is 0 Å². The first-order valence-electron chi connectivity index (χ1n) is 8.70. The molecule has 3 heterocycles.